The summed E-state index contributed by atoms with van der Waals surface area (Å²) in [5, 5.41) is 0. The van der Waals surface area contributed by atoms with Gasteiger partial charge < -0.3 is 11.5 Å². The Morgan fingerprint density at radius 2 is 2.05 bits per heavy atom. The number of hydrogen-bond donors (Lipinski definition) is 2. The van der Waals surface area contributed by atoms with Crippen molar-refractivity contribution < 1.29 is 8.78 Å². The van der Waals surface area contributed by atoms with Crippen molar-refractivity contribution in [3.05, 3.63) is 65.6 Å². The number of benzene rings is 1. The van der Waals surface area contributed by atoms with Crippen LogP contribution in [0.1, 0.15) is 11.1 Å². The van der Waals surface area contributed by atoms with Gasteiger partial charge in [-0.05, 0) is 41.5 Å². The maximum Gasteiger partial charge on any atom is 0.212 e. The van der Waals surface area contributed by atoms with E-state index in [9.17, 15) is 8.78 Å². The van der Waals surface area contributed by atoms with Gasteiger partial charge in [-0.25, -0.2) is 9.37 Å². The highest BCUT2D eigenvalue weighted by Gasteiger charge is 2.04. The summed E-state index contributed by atoms with van der Waals surface area (Å²) >= 11 is 0. The molecule has 6 heteroatoms. The van der Waals surface area contributed by atoms with Gasteiger partial charge in [-0.1, -0.05) is 0 Å². The van der Waals surface area contributed by atoms with Crippen LogP contribution in [0.3, 0.4) is 0 Å². The van der Waals surface area contributed by atoms with Gasteiger partial charge in [-0.2, -0.15) is 4.39 Å². The van der Waals surface area contributed by atoms with Gasteiger partial charge in [-0.3, -0.25) is 4.99 Å². The predicted molar refractivity (Wildman–Crippen MR) is 78.8 cm³/mol. The second kappa shape index (κ2) is 6.71. The van der Waals surface area contributed by atoms with Crippen LogP contribution in [0.5, 0.6) is 0 Å². The fourth-order valence-corrected chi connectivity index (χ4v) is 1.74. The van der Waals surface area contributed by atoms with Crippen molar-refractivity contribution in [2.24, 2.45) is 16.5 Å². The second-order valence-corrected chi connectivity index (χ2v) is 4.27. The van der Waals surface area contributed by atoms with E-state index in [4.69, 9.17) is 11.5 Å². The van der Waals surface area contributed by atoms with Gasteiger partial charge in [0.1, 0.15) is 5.82 Å². The first kappa shape index (κ1) is 14.8. The molecule has 21 heavy (non-hydrogen) atoms. The average Bonchev–Trinajstić information content (AvgIpc) is 2.49. The third-order valence-electron chi connectivity index (χ3n) is 2.77. The molecule has 2 aromatic rings. The van der Waals surface area contributed by atoms with E-state index in [1.807, 2.05) is 0 Å². The summed E-state index contributed by atoms with van der Waals surface area (Å²) in [5.41, 5.74) is 13.3. The third-order valence-corrected chi connectivity index (χ3v) is 2.77. The molecule has 0 atom stereocenters. The molecular formula is C15H14F2N4. The van der Waals surface area contributed by atoms with Crippen LogP contribution >= 0.6 is 0 Å². The Hall–Kier alpha value is -2.60. The number of halogens is 2. The first-order valence-corrected chi connectivity index (χ1v) is 6.20. The van der Waals surface area contributed by atoms with Crippen LogP contribution in [-0.4, -0.2) is 11.2 Å². The van der Waals surface area contributed by atoms with E-state index < -0.39 is 11.8 Å². The summed E-state index contributed by atoms with van der Waals surface area (Å²) in [4.78, 5) is 7.61. The van der Waals surface area contributed by atoms with E-state index in [-0.39, 0.29) is 6.54 Å². The Kier molecular flexibility index (Phi) is 4.73. The maximum absolute atomic E-state index is 13.5. The summed E-state index contributed by atoms with van der Waals surface area (Å²) in [6, 6.07) is 7.11. The number of nitrogens with two attached hydrogens (primary N) is 2. The van der Waals surface area contributed by atoms with E-state index >= 15 is 0 Å². The molecule has 0 aliphatic rings. The highest BCUT2D eigenvalue weighted by molar-refractivity contribution is 6.10. The largest absolute Gasteiger partial charge is 0.404 e. The third kappa shape index (κ3) is 3.93. The molecule has 0 fully saturated rings. The quantitative estimate of drug-likeness (QED) is 0.670. The summed E-state index contributed by atoms with van der Waals surface area (Å²) in [6.07, 6.45) is 4.07. The topological polar surface area (TPSA) is 77.3 Å². The minimum atomic E-state index is -0.582. The van der Waals surface area contributed by atoms with E-state index in [1.54, 1.807) is 6.07 Å². The zero-order valence-corrected chi connectivity index (χ0v) is 11.1. The van der Waals surface area contributed by atoms with Gasteiger partial charge in [0.2, 0.25) is 5.95 Å². The number of hydrogen-bond acceptors (Lipinski definition) is 4. The molecule has 0 amide bonds. The van der Waals surface area contributed by atoms with Crippen LogP contribution in [0.15, 0.2) is 47.7 Å². The zero-order valence-electron chi connectivity index (χ0n) is 11.1. The van der Waals surface area contributed by atoms with Crippen molar-refractivity contribution in [3.63, 3.8) is 0 Å². The lowest BCUT2D eigenvalue weighted by molar-refractivity contribution is 0.584. The molecule has 1 aromatic carbocycles. The standard InChI is InChI=1S/C15H14F2N4/c16-13-4-10(6-18)3-11(5-13)12(7-19)8-20-14-1-2-15(17)21-9-14/h1-5,7-9H,6,18-19H2. The molecular weight excluding hydrogens is 274 g/mol. The van der Waals surface area contributed by atoms with E-state index in [0.29, 0.717) is 22.4 Å². The Morgan fingerprint density at radius 1 is 1.24 bits per heavy atom. The summed E-state index contributed by atoms with van der Waals surface area (Å²) < 4.78 is 26.2. The van der Waals surface area contributed by atoms with Crippen LogP contribution in [-0.2, 0) is 6.54 Å². The van der Waals surface area contributed by atoms with Crippen LogP contribution < -0.4 is 11.5 Å². The van der Waals surface area contributed by atoms with Gasteiger partial charge in [0.15, 0.2) is 0 Å². The van der Waals surface area contributed by atoms with Gasteiger partial charge in [0, 0.05) is 24.5 Å². The number of nitrogens with zero attached hydrogens (tertiary/aromatic N) is 2. The van der Waals surface area contributed by atoms with Crippen LogP contribution in [0.4, 0.5) is 14.5 Å². The van der Waals surface area contributed by atoms with E-state index in [1.165, 1.54) is 42.9 Å². The molecule has 1 aromatic heterocycles. The Bertz CT molecular complexity index is 679. The average molecular weight is 288 g/mol. The smallest absolute Gasteiger partial charge is 0.212 e. The molecule has 108 valence electrons. The van der Waals surface area contributed by atoms with Crippen molar-refractivity contribution in [2.75, 3.05) is 0 Å². The minimum absolute atomic E-state index is 0.224. The zero-order chi connectivity index (χ0) is 15.2. The monoisotopic (exact) mass is 288 g/mol. The number of pyridine rings is 1. The lowest BCUT2D eigenvalue weighted by Crippen LogP contribution is -2.00. The van der Waals surface area contributed by atoms with Crippen LogP contribution in [0.2, 0.25) is 0 Å². The molecule has 4 N–H and O–H groups in total. The molecule has 0 aliphatic carbocycles. The lowest BCUT2D eigenvalue weighted by Gasteiger charge is -2.05. The predicted octanol–water partition coefficient (Wildman–Crippen LogP) is 2.52. The Labute approximate surface area is 120 Å². The normalized spacial score (nSPS) is 12.0. The molecule has 0 spiro atoms. The molecule has 0 radical (unpaired) electrons. The highest BCUT2D eigenvalue weighted by Crippen LogP contribution is 2.18. The van der Waals surface area contributed by atoms with Gasteiger partial charge in [0.05, 0.1) is 11.9 Å². The Balaban J connectivity index is 2.28. The molecule has 4 nitrogen and oxygen atoms in total. The molecule has 0 saturated carbocycles. The number of allylic oxidation sites excluding steroid dienone is 1. The highest BCUT2D eigenvalue weighted by atomic mass is 19.1. The molecule has 0 bridgehead atoms. The van der Waals surface area contributed by atoms with Crippen molar-refractivity contribution in [1.82, 2.24) is 4.98 Å². The number of aliphatic imine (C=N–C) groups is 1. The molecule has 2 rings (SSSR count). The SMILES string of the molecule is NC=C(C=Nc1ccc(F)nc1)c1cc(F)cc(CN)c1. The molecule has 1 heterocycles. The summed E-state index contributed by atoms with van der Waals surface area (Å²) in [7, 11) is 0. The molecule has 0 unspecified atom stereocenters. The van der Waals surface area contributed by atoms with Crippen molar-refractivity contribution in [1.29, 1.82) is 0 Å². The fraction of sp³-hybridized carbons (Fsp3) is 0.0667. The van der Waals surface area contributed by atoms with Gasteiger partial charge in [0.25, 0.3) is 0 Å². The summed E-state index contributed by atoms with van der Waals surface area (Å²) in [6.45, 7) is 0.224. The first-order chi connectivity index (χ1) is 10.1. The van der Waals surface area contributed by atoms with Gasteiger partial charge in [-0.15, -0.1) is 0 Å². The molecule has 0 saturated heterocycles. The first-order valence-electron chi connectivity index (χ1n) is 6.20. The fourth-order valence-electron chi connectivity index (χ4n) is 1.74. The number of aromatic nitrogens is 1. The van der Waals surface area contributed by atoms with E-state index in [2.05, 4.69) is 9.98 Å². The van der Waals surface area contributed by atoms with Crippen molar-refractivity contribution >= 4 is 17.5 Å². The Morgan fingerprint density at radius 3 is 2.67 bits per heavy atom. The van der Waals surface area contributed by atoms with Crippen LogP contribution in [0.25, 0.3) is 5.57 Å². The molecule has 0 aliphatic heterocycles. The van der Waals surface area contributed by atoms with E-state index in [0.717, 1.165) is 0 Å². The van der Waals surface area contributed by atoms with Crippen molar-refractivity contribution in [3.8, 4) is 0 Å². The maximum atomic E-state index is 13.5. The lowest BCUT2D eigenvalue weighted by atomic mass is 10.0. The van der Waals surface area contributed by atoms with Gasteiger partial charge >= 0.3 is 0 Å². The minimum Gasteiger partial charge on any atom is -0.404 e. The number of rotatable bonds is 4. The second-order valence-electron chi connectivity index (χ2n) is 4.27. The van der Waals surface area contributed by atoms with Crippen LogP contribution in [0, 0.1) is 11.8 Å². The summed E-state index contributed by atoms with van der Waals surface area (Å²) in [5.74, 6) is -0.981. The van der Waals surface area contributed by atoms with Crippen molar-refractivity contribution in [2.45, 2.75) is 6.54 Å².